The summed E-state index contributed by atoms with van der Waals surface area (Å²) in [4.78, 5) is 14.0. The van der Waals surface area contributed by atoms with Crippen LogP contribution in [0.15, 0.2) is 18.2 Å². The Hall–Kier alpha value is -2.42. The van der Waals surface area contributed by atoms with Gasteiger partial charge in [0, 0.05) is 25.1 Å². The van der Waals surface area contributed by atoms with Crippen molar-refractivity contribution >= 4 is 6.09 Å². The molecule has 1 atom stereocenters. The number of methoxy groups -OCH3 is 1. The highest BCUT2D eigenvalue weighted by Crippen LogP contribution is 2.29. The normalized spacial score (nSPS) is 17.6. The standard InChI is InChI=1S/C19H26N2O4/c1-19(2,3)25-18(22)21-9-5-6-15(12-21)13-24-16-8-7-14(11-20)10-17(16)23-4/h7-8,10,15H,5-6,9,12-13H2,1-4H3. The molecule has 6 nitrogen and oxygen atoms in total. The van der Waals surface area contributed by atoms with Crippen LogP contribution in [0.1, 0.15) is 39.2 Å². The Morgan fingerprint density at radius 1 is 1.36 bits per heavy atom. The summed E-state index contributed by atoms with van der Waals surface area (Å²) < 4.78 is 16.6. The maximum Gasteiger partial charge on any atom is 0.410 e. The Morgan fingerprint density at radius 3 is 2.76 bits per heavy atom. The molecule has 6 heteroatoms. The van der Waals surface area contributed by atoms with Crippen molar-refractivity contribution in [1.29, 1.82) is 5.26 Å². The maximum absolute atomic E-state index is 12.2. The van der Waals surface area contributed by atoms with E-state index in [-0.39, 0.29) is 12.0 Å². The Balaban J connectivity index is 1.93. The van der Waals surface area contributed by atoms with E-state index in [1.807, 2.05) is 20.8 Å². The average molecular weight is 346 g/mol. The summed E-state index contributed by atoms with van der Waals surface area (Å²) in [5.41, 5.74) is 0.0362. The minimum atomic E-state index is -0.490. The monoisotopic (exact) mass is 346 g/mol. The summed E-state index contributed by atoms with van der Waals surface area (Å²) in [6.07, 6.45) is 1.66. The third kappa shape index (κ3) is 5.56. The first-order valence-corrected chi connectivity index (χ1v) is 8.51. The molecule has 0 aliphatic carbocycles. The quantitative estimate of drug-likeness (QED) is 0.833. The molecule has 0 bridgehead atoms. The molecular weight excluding hydrogens is 320 g/mol. The molecule has 1 aromatic carbocycles. The van der Waals surface area contributed by atoms with Gasteiger partial charge in [-0.3, -0.25) is 0 Å². The highest BCUT2D eigenvalue weighted by Gasteiger charge is 2.28. The number of hydrogen-bond donors (Lipinski definition) is 0. The maximum atomic E-state index is 12.2. The van der Waals surface area contributed by atoms with Gasteiger partial charge in [0.15, 0.2) is 11.5 Å². The fourth-order valence-corrected chi connectivity index (χ4v) is 2.76. The van der Waals surface area contributed by atoms with E-state index in [9.17, 15) is 4.79 Å². The van der Waals surface area contributed by atoms with Crippen molar-refractivity contribution in [3.8, 4) is 17.6 Å². The zero-order valence-corrected chi connectivity index (χ0v) is 15.4. The molecule has 136 valence electrons. The second kappa shape index (κ2) is 8.11. The number of carbonyl (C=O) groups is 1. The number of amides is 1. The molecule has 2 rings (SSSR count). The fraction of sp³-hybridized carbons (Fsp3) is 0.579. The Kier molecular flexibility index (Phi) is 6.13. The van der Waals surface area contributed by atoms with Crippen LogP contribution in [0.5, 0.6) is 11.5 Å². The number of ether oxygens (including phenoxy) is 3. The van der Waals surface area contributed by atoms with Crippen LogP contribution >= 0.6 is 0 Å². The van der Waals surface area contributed by atoms with Crippen molar-refractivity contribution < 1.29 is 19.0 Å². The first-order chi connectivity index (χ1) is 11.8. The molecule has 0 aromatic heterocycles. The lowest BCUT2D eigenvalue weighted by Gasteiger charge is -2.34. The van der Waals surface area contributed by atoms with Crippen molar-refractivity contribution in [3.63, 3.8) is 0 Å². The van der Waals surface area contributed by atoms with Gasteiger partial charge in [0.25, 0.3) is 0 Å². The summed E-state index contributed by atoms with van der Waals surface area (Å²) in [6.45, 7) is 7.42. The Bertz CT molecular complexity index is 646. The predicted octanol–water partition coefficient (Wildman–Crippen LogP) is 3.59. The first kappa shape index (κ1) is 18.9. The first-order valence-electron chi connectivity index (χ1n) is 8.51. The number of nitrogens with zero attached hydrogens (tertiary/aromatic N) is 2. The Morgan fingerprint density at radius 2 is 2.12 bits per heavy atom. The van der Waals surface area contributed by atoms with Gasteiger partial charge >= 0.3 is 6.09 Å². The van der Waals surface area contributed by atoms with Crippen LogP contribution in [0.25, 0.3) is 0 Å². The van der Waals surface area contributed by atoms with E-state index >= 15 is 0 Å². The minimum Gasteiger partial charge on any atom is -0.493 e. The average Bonchev–Trinajstić information content (AvgIpc) is 2.58. The number of likely N-dealkylation sites (tertiary alicyclic amines) is 1. The topological polar surface area (TPSA) is 71.8 Å². The molecule has 1 aliphatic rings. The number of nitriles is 1. The molecule has 1 heterocycles. The van der Waals surface area contributed by atoms with Crippen LogP contribution in [-0.4, -0.2) is 43.4 Å². The molecule has 1 saturated heterocycles. The zero-order valence-electron chi connectivity index (χ0n) is 15.4. The van der Waals surface area contributed by atoms with Crippen LogP contribution in [0.3, 0.4) is 0 Å². The number of piperidine rings is 1. The van der Waals surface area contributed by atoms with Crippen LogP contribution in [0.2, 0.25) is 0 Å². The van der Waals surface area contributed by atoms with Crippen molar-refractivity contribution in [1.82, 2.24) is 4.90 Å². The summed E-state index contributed by atoms with van der Waals surface area (Å²) in [6, 6.07) is 7.18. The van der Waals surface area contributed by atoms with E-state index in [0.29, 0.717) is 36.8 Å². The van der Waals surface area contributed by atoms with Gasteiger partial charge in [0.1, 0.15) is 5.60 Å². The summed E-state index contributed by atoms with van der Waals surface area (Å²) >= 11 is 0. The van der Waals surface area contributed by atoms with Crippen molar-refractivity contribution in [2.24, 2.45) is 5.92 Å². The Labute approximate surface area is 149 Å². The van der Waals surface area contributed by atoms with Crippen LogP contribution < -0.4 is 9.47 Å². The van der Waals surface area contributed by atoms with E-state index in [1.165, 1.54) is 0 Å². The molecule has 0 spiro atoms. The number of carbonyl (C=O) groups excluding carboxylic acids is 1. The van der Waals surface area contributed by atoms with E-state index < -0.39 is 5.60 Å². The van der Waals surface area contributed by atoms with Gasteiger partial charge in [-0.25, -0.2) is 4.79 Å². The van der Waals surface area contributed by atoms with E-state index in [1.54, 1.807) is 30.2 Å². The third-order valence-corrected chi connectivity index (χ3v) is 3.94. The molecule has 1 unspecified atom stereocenters. The van der Waals surface area contributed by atoms with E-state index in [0.717, 1.165) is 12.8 Å². The molecule has 1 aromatic rings. The molecule has 0 N–H and O–H groups in total. The van der Waals surface area contributed by atoms with Crippen molar-refractivity contribution in [2.75, 3.05) is 26.8 Å². The molecule has 1 aliphatic heterocycles. The predicted molar refractivity (Wildman–Crippen MR) is 93.7 cm³/mol. The highest BCUT2D eigenvalue weighted by atomic mass is 16.6. The summed E-state index contributed by atoms with van der Waals surface area (Å²) in [5.74, 6) is 1.39. The van der Waals surface area contributed by atoms with Gasteiger partial charge in [-0.1, -0.05) is 0 Å². The largest absolute Gasteiger partial charge is 0.493 e. The second-order valence-electron chi connectivity index (χ2n) is 7.22. The smallest absolute Gasteiger partial charge is 0.410 e. The van der Waals surface area contributed by atoms with Crippen LogP contribution in [0, 0.1) is 17.2 Å². The van der Waals surface area contributed by atoms with Crippen molar-refractivity contribution in [2.45, 2.75) is 39.2 Å². The highest BCUT2D eigenvalue weighted by molar-refractivity contribution is 5.68. The SMILES string of the molecule is COc1cc(C#N)ccc1OCC1CCCN(C(=O)OC(C)(C)C)C1. The van der Waals surface area contributed by atoms with Gasteiger partial charge in [-0.2, -0.15) is 5.26 Å². The number of hydrogen-bond acceptors (Lipinski definition) is 5. The van der Waals surface area contributed by atoms with Gasteiger partial charge < -0.3 is 19.1 Å². The van der Waals surface area contributed by atoms with E-state index in [4.69, 9.17) is 19.5 Å². The van der Waals surface area contributed by atoms with Gasteiger partial charge in [-0.05, 0) is 45.7 Å². The fourth-order valence-electron chi connectivity index (χ4n) is 2.76. The lowest BCUT2D eigenvalue weighted by molar-refractivity contribution is 0.0138. The second-order valence-corrected chi connectivity index (χ2v) is 7.22. The van der Waals surface area contributed by atoms with Crippen molar-refractivity contribution in [3.05, 3.63) is 23.8 Å². The molecule has 0 saturated carbocycles. The number of rotatable bonds is 4. The lowest BCUT2D eigenvalue weighted by atomic mass is 9.99. The molecule has 1 amide bonds. The minimum absolute atomic E-state index is 0.238. The zero-order chi connectivity index (χ0) is 18.4. The molecular formula is C19H26N2O4. The third-order valence-electron chi connectivity index (χ3n) is 3.94. The lowest BCUT2D eigenvalue weighted by Crippen LogP contribution is -2.44. The van der Waals surface area contributed by atoms with Crippen LogP contribution in [-0.2, 0) is 4.74 Å². The molecule has 0 radical (unpaired) electrons. The number of benzene rings is 1. The molecule has 25 heavy (non-hydrogen) atoms. The van der Waals surface area contributed by atoms with Gasteiger partial charge in [-0.15, -0.1) is 0 Å². The van der Waals surface area contributed by atoms with Crippen LogP contribution in [0.4, 0.5) is 4.79 Å². The van der Waals surface area contributed by atoms with Gasteiger partial charge in [0.05, 0.1) is 25.3 Å². The van der Waals surface area contributed by atoms with Gasteiger partial charge in [0.2, 0.25) is 0 Å². The summed E-state index contributed by atoms with van der Waals surface area (Å²) in [7, 11) is 1.55. The summed E-state index contributed by atoms with van der Waals surface area (Å²) in [5, 5.41) is 8.95. The molecule has 1 fully saturated rings. The van der Waals surface area contributed by atoms with E-state index in [2.05, 4.69) is 6.07 Å².